The first kappa shape index (κ1) is 17.5. The molecule has 0 aliphatic heterocycles. The number of nitrogens with one attached hydrogen (secondary N) is 1. The Morgan fingerprint density at radius 2 is 1.88 bits per heavy atom. The maximum Gasteiger partial charge on any atom is 0.340 e. The zero-order valence-corrected chi connectivity index (χ0v) is 14.7. The topological polar surface area (TPSA) is 73.5 Å². The van der Waals surface area contributed by atoms with Gasteiger partial charge in [-0.25, -0.2) is 4.79 Å². The third-order valence-corrected chi connectivity index (χ3v) is 4.08. The lowest BCUT2D eigenvalue weighted by molar-refractivity contribution is -0.119. The van der Waals surface area contributed by atoms with E-state index in [0.717, 1.165) is 17.1 Å². The van der Waals surface area contributed by atoms with Crippen LogP contribution in [0.2, 0.25) is 0 Å². The van der Waals surface area contributed by atoms with Crippen LogP contribution in [0.5, 0.6) is 0 Å². The van der Waals surface area contributed by atoms with E-state index in [1.807, 2.05) is 48.7 Å². The lowest BCUT2D eigenvalue weighted by Gasteiger charge is -2.08. The molecule has 1 aromatic carbocycles. The van der Waals surface area contributed by atoms with Gasteiger partial charge in [0.2, 0.25) is 0 Å². The van der Waals surface area contributed by atoms with Crippen molar-refractivity contribution in [3.05, 3.63) is 77.5 Å². The zero-order valence-electron chi connectivity index (χ0n) is 14.7. The van der Waals surface area contributed by atoms with Gasteiger partial charge in [0, 0.05) is 17.1 Å². The summed E-state index contributed by atoms with van der Waals surface area (Å²) in [5.74, 6) is -0.102. The molecule has 0 saturated carbocycles. The standard InChI is InChI=1S/C20H20N2O4/c1-14-11-18(15(2)22(14)12-17-9-6-10-25-17)20(24)26-13-19(23)21-16-7-4-3-5-8-16/h3-11H,12-13H2,1-2H3,(H,21,23). The summed E-state index contributed by atoms with van der Waals surface area (Å²) in [7, 11) is 0. The summed E-state index contributed by atoms with van der Waals surface area (Å²) in [5, 5.41) is 2.68. The van der Waals surface area contributed by atoms with Gasteiger partial charge in [0.1, 0.15) is 5.76 Å². The molecule has 2 heterocycles. The van der Waals surface area contributed by atoms with Gasteiger partial charge in [0.25, 0.3) is 5.91 Å². The van der Waals surface area contributed by atoms with E-state index in [1.165, 1.54) is 0 Å². The minimum absolute atomic E-state index is 0.338. The number of carbonyl (C=O) groups is 2. The normalized spacial score (nSPS) is 10.5. The molecule has 6 heteroatoms. The van der Waals surface area contributed by atoms with E-state index >= 15 is 0 Å². The molecule has 3 rings (SSSR count). The van der Waals surface area contributed by atoms with Crippen molar-refractivity contribution in [2.75, 3.05) is 11.9 Å². The number of ether oxygens (including phenoxy) is 1. The average Bonchev–Trinajstić information content (AvgIpc) is 3.24. The fraction of sp³-hybridized carbons (Fsp3) is 0.200. The number of aryl methyl sites for hydroxylation is 1. The fourth-order valence-corrected chi connectivity index (χ4v) is 2.74. The van der Waals surface area contributed by atoms with Crippen molar-refractivity contribution in [1.29, 1.82) is 0 Å². The minimum Gasteiger partial charge on any atom is -0.467 e. The molecule has 2 aromatic heterocycles. The SMILES string of the molecule is Cc1cc(C(=O)OCC(=O)Nc2ccccc2)c(C)n1Cc1ccco1. The molecule has 0 fully saturated rings. The van der Waals surface area contributed by atoms with Crippen LogP contribution in [0.15, 0.2) is 59.2 Å². The number of aromatic nitrogens is 1. The van der Waals surface area contributed by atoms with Gasteiger partial charge in [-0.1, -0.05) is 18.2 Å². The Labute approximate surface area is 151 Å². The highest BCUT2D eigenvalue weighted by Gasteiger charge is 2.18. The van der Waals surface area contributed by atoms with Crippen LogP contribution in [0.1, 0.15) is 27.5 Å². The van der Waals surface area contributed by atoms with Gasteiger partial charge in [-0.05, 0) is 44.2 Å². The minimum atomic E-state index is -0.521. The Morgan fingerprint density at radius 1 is 1.12 bits per heavy atom. The van der Waals surface area contributed by atoms with Crippen LogP contribution in [0.4, 0.5) is 5.69 Å². The lowest BCUT2D eigenvalue weighted by atomic mass is 10.2. The second kappa shape index (κ2) is 7.74. The quantitative estimate of drug-likeness (QED) is 0.689. The van der Waals surface area contributed by atoms with E-state index in [2.05, 4.69) is 5.32 Å². The Bertz CT molecular complexity index is 896. The number of hydrogen-bond acceptors (Lipinski definition) is 4. The van der Waals surface area contributed by atoms with Gasteiger partial charge in [0.05, 0.1) is 18.4 Å². The Hall–Kier alpha value is -3.28. The van der Waals surface area contributed by atoms with Gasteiger partial charge in [-0.3, -0.25) is 4.79 Å². The highest BCUT2D eigenvalue weighted by Crippen LogP contribution is 2.18. The molecule has 0 saturated heterocycles. The molecule has 0 bridgehead atoms. The van der Waals surface area contributed by atoms with Gasteiger partial charge in [-0.15, -0.1) is 0 Å². The van der Waals surface area contributed by atoms with E-state index < -0.39 is 5.97 Å². The molecule has 3 aromatic rings. The number of esters is 1. The number of hydrogen-bond donors (Lipinski definition) is 1. The highest BCUT2D eigenvalue weighted by atomic mass is 16.5. The van der Waals surface area contributed by atoms with E-state index in [9.17, 15) is 9.59 Å². The first-order valence-corrected chi connectivity index (χ1v) is 8.25. The summed E-state index contributed by atoms with van der Waals surface area (Å²) in [6, 6.07) is 14.5. The predicted molar refractivity (Wildman–Crippen MR) is 97.1 cm³/mol. The fourth-order valence-electron chi connectivity index (χ4n) is 2.74. The second-order valence-corrected chi connectivity index (χ2v) is 5.94. The maximum atomic E-state index is 12.4. The van der Waals surface area contributed by atoms with Crippen molar-refractivity contribution < 1.29 is 18.7 Å². The molecule has 0 radical (unpaired) electrons. The smallest absolute Gasteiger partial charge is 0.340 e. The molecule has 0 aliphatic carbocycles. The van der Waals surface area contributed by atoms with Crippen LogP contribution in [0, 0.1) is 13.8 Å². The van der Waals surface area contributed by atoms with Crippen LogP contribution >= 0.6 is 0 Å². The van der Waals surface area contributed by atoms with Crippen LogP contribution in [0.25, 0.3) is 0 Å². The number of carbonyl (C=O) groups excluding carboxylic acids is 2. The number of nitrogens with zero attached hydrogens (tertiary/aromatic N) is 1. The first-order chi connectivity index (χ1) is 12.5. The molecule has 0 aliphatic rings. The summed E-state index contributed by atoms with van der Waals surface area (Å²) in [5.41, 5.74) is 2.79. The molecule has 6 nitrogen and oxygen atoms in total. The Kier molecular flexibility index (Phi) is 5.22. The van der Waals surface area contributed by atoms with Crippen LogP contribution in [-0.4, -0.2) is 23.1 Å². The third-order valence-electron chi connectivity index (χ3n) is 4.08. The summed E-state index contributed by atoms with van der Waals surface area (Å²) in [4.78, 5) is 24.3. The van der Waals surface area contributed by atoms with Crippen LogP contribution < -0.4 is 5.32 Å². The summed E-state index contributed by atoms with van der Waals surface area (Å²) >= 11 is 0. The molecule has 0 atom stereocenters. The number of rotatable bonds is 6. The summed E-state index contributed by atoms with van der Waals surface area (Å²) < 4.78 is 12.5. The highest BCUT2D eigenvalue weighted by molar-refractivity contribution is 5.96. The van der Waals surface area contributed by atoms with Gasteiger partial charge < -0.3 is 19.0 Å². The second-order valence-electron chi connectivity index (χ2n) is 5.94. The Morgan fingerprint density at radius 3 is 2.58 bits per heavy atom. The summed E-state index contributed by atoms with van der Waals surface area (Å²) in [6.45, 7) is 3.95. The monoisotopic (exact) mass is 352 g/mol. The Balaban J connectivity index is 1.62. The van der Waals surface area contributed by atoms with E-state index in [0.29, 0.717) is 17.8 Å². The molecular weight excluding hydrogens is 332 g/mol. The number of para-hydroxylation sites is 1. The zero-order chi connectivity index (χ0) is 18.5. The molecular formula is C20H20N2O4. The first-order valence-electron chi connectivity index (χ1n) is 8.25. The van der Waals surface area contributed by atoms with Crippen molar-refractivity contribution >= 4 is 17.6 Å². The van der Waals surface area contributed by atoms with E-state index in [4.69, 9.17) is 9.15 Å². The van der Waals surface area contributed by atoms with Crippen molar-refractivity contribution in [2.45, 2.75) is 20.4 Å². The number of amides is 1. The van der Waals surface area contributed by atoms with Crippen molar-refractivity contribution in [1.82, 2.24) is 4.57 Å². The van der Waals surface area contributed by atoms with Crippen molar-refractivity contribution in [3.8, 4) is 0 Å². The van der Waals surface area contributed by atoms with Gasteiger partial charge in [-0.2, -0.15) is 0 Å². The predicted octanol–water partition coefficient (Wildman–Crippen LogP) is 3.54. The van der Waals surface area contributed by atoms with Crippen LogP contribution in [0.3, 0.4) is 0 Å². The molecule has 1 N–H and O–H groups in total. The number of anilines is 1. The lowest BCUT2D eigenvalue weighted by Crippen LogP contribution is -2.21. The summed E-state index contributed by atoms with van der Waals surface area (Å²) in [6.07, 6.45) is 1.62. The van der Waals surface area contributed by atoms with E-state index in [1.54, 1.807) is 24.5 Å². The third kappa shape index (κ3) is 4.03. The van der Waals surface area contributed by atoms with Gasteiger partial charge in [0.15, 0.2) is 6.61 Å². The number of benzene rings is 1. The largest absolute Gasteiger partial charge is 0.467 e. The van der Waals surface area contributed by atoms with Crippen LogP contribution in [-0.2, 0) is 16.1 Å². The maximum absolute atomic E-state index is 12.4. The van der Waals surface area contributed by atoms with E-state index in [-0.39, 0.29) is 12.5 Å². The molecule has 0 unspecified atom stereocenters. The molecule has 26 heavy (non-hydrogen) atoms. The van der Waals surface area contributed by atoms with Crippen molar-refractivity contribution in [3.63, 3.8) is 0 Å². The van der Waals surface area contributed by atoms with Gasteiger partial charge >= 0.3 is 5.97 Å². The molecule has 0 spiro atoms. The number of furan rings is 1. The average molecular weight is 352 g/mol. The molecule has 1 amide bonds. The molecule has 134 valence electrons. The van der Waals surface area contributed by atoms with Crippen molar-refractivity contribution in [2.24, 2.45) is 0 Å².